The summed E-state index contributed by atoms with van der Waals surface area (Å²) in [4.78, 5) is 73.0. The van der Waals surface area contributed by atoms with E-state index in [9.17, 15) is 43.2 Å². The van der Waals surface area contributed by atoms with E-state index in [2.05, 4.69) is 41.5 Å². The molecule has 0 aromatic heterocycles. The molecule has 0 aliphatic rings. The number of hydrogen-bond acceptors (Lipinski definition) is 15. The fourth-order valence-corrected chi connectivity index (χ4v) is 14.1. The molecule has 0 aliphatic heterocycles. The fraction of sp³-hybridized carbons (Fsp3) is 0.951. The first-order valence-corrected chi connectivity index (χ1v) is 45.0. The van der Waals surface area contributed by atoms with Crippen LogP contribution in [0.1, 0.15) is 427 Å². The van der Waals surface area contributed by atoms with Crippen molar-refractivity contribution in [2.75, 3.05) is 39.6 Å². The summed E-state index contributed by atoms with van der Waals surface area (Å²) in [5.74, 6) is -0.581. The molecular formula is C81H158O17P2. The summed E-state index contributed by atoms with van der Waals surface area (Å²) in [6.07, 6.45) is 62.4. The van der Waals surface area contributed by atoms with Crippen LogP contribution in [0, 0.1) is 11.8 Å². The van der Waals surface area contributed by atoms with Gasteiger partial charge in [0.2, 0.25) is 0 Å². The Labute approximate surface area is 613 Å². The van der Waals surface area contributed by atoms with Gasteiger partial charge in [-0.2, -0.15) is 0 Å². The Balaban J connectivity index is 5.25. The summed E-state index contributed by atoms with van der Waals surface area (Å²) in [5.41, 5.74) is 0. The minimum absolute atomic E-state index is 0.108. The smallest absolute Gasteiger partial charge is 0.462 e. The number of rotatable bonds is 80. The van der Waals surface area contributed by atoms with Gasteiger partial charge < -0.3 is 33.8 Å². The van der Waals surface area contributed by atoms with Gasteiger partial charge >= 0.3 is 39.5 Å². The van der Waals surface area contributed by atoms with Gasteiger partial charge in [0.15, 0.2) is 12.2 Å². The number of aliphatic hydroxyl groups is 1. The maximum atomic E-state index is 13.1. The zero-order chi connectivity index (χ0) is 73.5. The van der Waals surface area contributed by atoms with Crippen LogP contribution in [-0.2, 0) is 65.4 Å². The van der Waals surface area contributed by atoms with Crippen LogP contribution in [0.4, 0.5) is 0 Å². The zero-order valence-corrected chi connectivity index (χ0v) is 67.3. The van der Waals surface area contributed by atoms with E-state index in [0.717, 1.165) is 102 Å². The quantitative estimate of drug-likeness (QED) is 0.0222. The third-order valence-corrected chi connectivity index (χ3v) is 20.9. The van der Waals surface area contributed by atoms with Gasteiger partial charge in [-0.25, -0.2) is 9.13 Å². The van der Waals surface area contributed by atoms with E-state index < -0.39 is 97.5 Å². The second-order valence-electron chi connectivity index (χ2n) is 30.1. The fourth-order valence-electron chi connectivity index (χ4n) is 12.5. The van der Waals surface area contributed by atoms with Crippen molar-refractivity contribution in [1.29, 1.82) is 0 Å². The molecule has 0 aliphatic carbocycles. The summed E-state index contributed by atoms with van der Waals surface area (Å²) in [6, 6.07) is 0. The number of carbonyl (C=O) groups excluding carboxylic acids is 4. The average molecular weight is 1470 g/mol. The third kappa shape index (κ3) is 74.3. The Morgan fingerprint density at radius 1 is 0.270 bits per heavy atom. The number of aliphatic hydroxyl groups excluding tert-OH is 1. The van der Waals surface area contributed by atoms with Gasteiger partial charge in [-0.05, 0) is 37.5 Å². The number of unbranched alkanes of at least 4 members (excludes halogenated alkanes) is 50. The number of phosphoric ester groups is 2. The molecule has 0 spiro atoms. The van der Waals surface area contributed by atoms with Crippen molar-refractivity contribution in [3.8, 4) is 0 Å². The van der Waals surface area contributed by atoms with Crippen LogP contribution < -0.4 is 0 Å². The molecule has 0 fully saturated rings. The molecule has 0 aromatic carbocycles. The number of ether oxygens (including phenoxy) is 4. The lowest BCUT2D eigenvalue weighted by Crippen LogP contribution is -2.30. The predicted molar refractivity (Wildman–Crippen MR) is 409 cm³/mol. The van der Waals surface area contributed by atoms with Crippen molar-refractivity contribution in [2.45, 2.75) is 445 Å². The normalized spacial score (nSPS) is 13.9. The predicted octanol–water partition coefficient (Wildman–Crippen LogP) is 24.3. The molecule has 594 valence electrons. The van der Waals surface area contributed by atoms with Gasteiger partial charge in [0.25, 0.3) is 0 Å². The number of hydrogen-bond donors (Lipinski definition) is 3. The summed E-state index contributed by atoms with van der Waals surface area (Å²) in [5, 5.41) is 10.6. The van der Waals surface area contributed by atoms with E-state index >= 15 is 0 Å². The molecule has 0 heterocycles. The first-order chi connectivity index (χ1) is 48.4. The summed E-state index contributed by atoms with van der Waals surface area (Å²) < 4.78 is 68.7. The standard InChI is InChI=1S/C81H158O17P2/c1-7-9-11-13-15-17-19-21-23-24-25-26-32-36-40-48-54-60-66-81(86)97-76(69-91-78(83)63-57-51-45-38-34-31-28-27-29-33-37-43-49-55-61-73(3)4)71-95-99(87,88)93-67-75(82)68-94-100(89,90)96-72-77(70-92-79(84)64-58-52-46-42-41-44-50-56-62-74(5)6)98-80(85)65-59-53-47-39-35-30-22-20-18-16-14-12-10-8-2/h73-77,82H,7-72H2,1-6H3,(H,87,88)(H,89,90)/t75-,76-,77-/m1/s1. The van der Waals surface area contributed by atoms with Crippen molar-refractivity contribution < 1.29 is 80.2 Å². The lowest BCUT2D eigenvalue weighted by atomic mass is 10.0. The van der Waals surface area contributed by atoms with Crippen LogP contribution >= 0.6 is 15.6 Å². The van der Waals surface area contributed by atoms with Gasteiger partial charge in [0.05, 0.1) is 26.4 Å². The van der Waals surface area contributed by atoms with Crippen molar-refractivity contribution >= 4 is 39.5 Å². The van der Waals surface area contributed by atoms with E-state index in [0.29, 0.717) is 25.7 Å². The molecule has 2 unspecified atom stereocenters. The van der Waals surface area contributed by atoms with Gasteiger partial charge in [0.1, 0.15) is 19.3 Å². The van der Waals surface area contributed by atoms with Gasteiger partial charge in [0, 0.05) is 25.7 Å². The van der Waals surface area contributed by atoms with Crippen LogP contribution in [0.3, 0.4) is 0 Å². The molecular weight excluding hydrogens is 1310 g/mol. The second kappa shape index (κ2) is 72.6. The van der Waals surface area contributed by atoms with Crippen LogP contribution in [-0.4, -0.2) is 96.7 Å². The maximum Gasteiger partial charge on any atom is 0.472 e. The molecule has 17 nitrogen and oxygen atoms in total. The minimum atomic E-state index is -4.96. The SMILES string of the molecule is CCCCCCCCCCCCCCCCCCCCC(=O)O[C@H](COC(=O)CCCCCCCCCCCCCCCCC(C)C)COP(=O)(O)OC[C@@H](O)COP(=O)(O)OC[C@@H](COC(=O)CCCCCCCCCCC(C)C)OC(=O)CCCCCCCCCCCCCCCC. The lowest BCUT2D eigenvalue weighted by molar-refractivity contribution is -0.161. The molecule has 0 rings (SSSR count). The number of phosphoric acid groups is 2. The van der Waals surface area contributed by atoms with Crippen LogP contribution in [0.25, 0.3) is 0 Å². The Bertz CT molecular complexity index is 1920. The molecule has 0 saturated carbocycles. The van der Waals surface area contributed by atoms with Gasteiger partial charge in [-0.15, -0.1) is 0 Å². The molecule has 0 aromatic rings. The van der Waals surface area contributed by atoms with E-state index in [-0.39, 0.29) is 25.7 Å². The van der Waals surface area contributed by atoms with E-state index in [1.165, 1.54) is 244 Å². The van der Waals surface area contributed by atoms with E-state index in [1.54, 1.807) is 0 Å². The first kappa shape index (κ1) is 98.1. The third-order valence-electron chi connectivity index (χ3n) is 19.0. The number of esters is 4. The Hall–Kier alpha value is -1.94. The highest BCUT2D eigenvalue weighted by Gasteiger charge is 2.30. The van der Waals surface area contributed by atoms with Crippen LogP contribution in [0.5, 0.6) is 0 Å². The lowest BCUT2D eigenvalue weighted by Gasteiger charge is -2.21. The number of carbonyl (C=O) groups is 4. The summed E-state index contributed by atoms with van der Waals surface area (Å²) >= 11 is 0. The van der Waals surface area contributed by atoms with E-state index in [1.807, 2.05) is 0 Å². The minimum Gasteiger partial charge on any atom is -0.462 e. The van der Waals surface area contributed by atoms with E-state index in [4.69, 9.17) is 37.0 Å². The van der Waals surface area contributed by atoms with Gasteiger partial charge in [-0.3, -0.25) is 37.3 Å². The highest BCUT2D eigenvalue weighted by Crippen LogP contribution is 2.45. The Morgan fingerprint density at radius 3 is 0.680 bits per heavy atom. The topological polar surface area (TPSA) is 237 Å². The maximum absolute atomic E-state index is 13.1. The Kier molecular flexibility index (Phi) is 71.2. The summed E-state index contributed by atoms with van der Waals surface area (Å²) in [7, 11) is -9.92. The molecule has 0 saturated heterocycles. The molecule has 0 bridgehead atoms. The first-order valence-electron chi connectivity index (χ1n) is 42.0. The van der Waals surface area contributed by atoms with Crippen LogP contribution in [0.15, 0.2) is 0 Å². The van der Waals surface area contributed by atoms with Crippen molar-refractivity contribution in [2.24, 2.45) is 11.8 Å². The van der Waals surface area contributed by atoms with Crippen molar-refractivity contribution in [1.82, 2.24) is 0 Å². The van der Waals surface area contributed by atoms with Crippen LogP contribution in [0.2, 0.25) is 0 Å². The molecule has 19 heteroatoms. The molecule has 100 heavy (non-hydrogen) atoms. The summed E-state index contributed by atoms with van der Waals surface area (Å²) in [6.45, 7) is 9.63. The second-order valence-corrected chi connectivity index (χ2v) is 33.0. The highest BCUT2D eigenvalue weighted by molar-refractivity contribution is 7.47. The molecule has 0 amide bonds. The van der Waals surface area contributed by atoms with Gasteiger partial charge in [-0.1, -0.05) is 375 Å². The van der Waals surface area contributed by atoms with Crippen molar-refractivity contribution in [3.63, 3.8) is 0 Å². The average Bonchev–Trinajstić information content (AvgIpc) is 0.930. The molecule has 5 atom stereocenters. The monoisotopic (exact) mass is 1470 g/mol. The van der Waals surface area contributed by atoms with Crippen molar-refractivity contribution in [3.05, 3.63) is 0 Å². The largest absolute Gasteiger partial charge is 0.472 e. The zero-order valence-electron chi connectivity index (χ0n) is 65.5. The highest BCUT2D eigenvalue weighted by atomic mass is 31.2. The Morgan fingerprint density at radius 2 is 0.460 bits per heavy atom. The molecule has 3 N–H and O–H groups in total. The molecule has 0 radical (unpaired) electrons.